The average molecular weight is 370 g/mol. The number of ether oxygens (including phenoxy) is 2. The number of carbonyl (C=O) groups is 1. The van der Waals surface area contributed by atoms with Crippen LogP contribution >= 0.6 is 0 Å². The van der Waals surface area contributed by atoms with E-state index in [1.165, 1.54) is 38.5 Å². The number of rotatable bonds is 5. The number of nitro groups is 1. The summed E-state index contributed by atoms with van der Waals surface area (Å²) >= 11 is 0. The molecule has 0 aliphatic rings. The van der Waals surface area contributed by atoms with Crippen molar-refractivity contribution >= 4 is 28.3 Å². The first-order valence-electron chi connectivity index (χ1n) is 7.68. The van der Waals surface area contributed by atoms with Crippen LogP contribution < -0.4 is 20.4 Å². The van der Waals surface area contributed by atoms with E-state index in [9.17, 15) is 19.7 Å². The van der Waals surface area contributed by atoms with E-state index in [1.54, 1.807) is 18.2 Å². The zero-order valence-corrected chi connectivity index (χ0v) is 14.3. The first-order valence-corrected chi connectivity index (χ1v) is 7.68. The molecule has 2 aromatic carbocycles. The van der Waals surface area contributed by atoms with Crippen molar-refractivity contribution in [2.24, 2.45) is 0 Å². The van der Waals surface area contributed by atoms with Gasteiger partial charge in [-0.05, 0) is 36.4 Å². The van der Waals surface area contributed by atoms with E-state index in [0.29, 0.717) is 11.1 Å². The molecule has 0 saturated heterocycles. The van der Waals surface area contributed by atoms with Gasteiger partial charge >= 0.3 is 5.63 Å². The Morgan fingerprint density at radius 1 is 1.07 bits per heavy atom. The Kier molecular flexibility index (Phi) is 4.75. The first kappa shape index (κ1) is 17.9. The Balaban J connectivity index is 2.00. The molecular formula is C18H14N2O7. The van der Waals surface area contributed by atoms with Gasteiger partial charge in [0.15, 0.2) is 0 Å². The van der Waals surface area contributed by atoms with E-state index >= 15 is 0 Å². The van der Waals surface area contributed by atoms with Crippen LogP contribution in [0.15, 0.2) is 51.7 Å². The third kappa shape index (κ3) is 3.56. The van der Waals surface area contributed by atoms with Gasteiger partial charge in [0.25, 0.3) is 11.6 Å². The largest absolute Gasteiger partial charge is 0.497 e. The molecule has 0 atom stereocenters. The molecule has 1 N–H and O–H groups in total. The number of hydrogen-bond donors (Lipinski definition) is 1. The Hall–Kier alpha value is -3.88. The lowest BCUT2D eigenvalue weighted by Gasteiger charge is -2.08. The van der Waals surface area contributed by atoms with E-state index in [2.05, 4.69) is 5.32 Å². The van der Waals surface area contributed by atoms with Crippen LogP contribution in [0.25, 0.3) is 11.0 Å². The molecule has 0 saturated carbocycles. The van der Waals surface area contributed by atoms with Crippen molar-refractivity contribution in [1.82, 2.24) is 0 Å². The van der Waals surface area contributed by atoms with Crippen LogP contribution in [-0.4, -0.2) is 25.1 Å². The molecule has 3 aromatic rings. The molecule has 0 unspecified atom stereocenters. The van der Waals surface area contributed by atoms with Crippen LogP contribution in [0.4, 0.5) is 11.4 Å². The summed E-state index contributed by atoms with van der Waals surface area (Å²) in [6, 6.07) is 10.1. The van der Waals surface area contributed by atoms with Gasteiger partial charge in [-0.3, -0.25) is 14.9 Å². The van der Waals surface area contributed by atoms with Crippen molar-refractivity contribution in [1.29, 1.82) is 0 Å². The normalized spacial score (nSPS) is 10.4. The third-order valence-electron chi connectivity index (χ3n) is 3.83. The molecule has 3 rings (SSSR count). The molecule has 1 aromatic heterocycles. The highest BCUT2D eigenvalue weighted by atomic mass is 16.6. The zero-order valence-electron chi connectivity index (χ0n) is 14.3. The molecule has 0 bridgehead atoms. The molecular weight excluding hydrogens is 356 g/mol. The molecule has 138 valence electrons. The predicted octanol–water partition coefficient (Wildman–Crippen LogP) is 2.97. The molecule has 0 radical (unpaired) electrons. The van der Waals surface area contributed by atoms with Gasteiger partial charge in [-0.1, -0.05) is 0 Å². The third-order valence-corrected chi connectivity index (χ3v) is 3.83. The fourth-order valence-electron chi connectivity index (χ4n) is 2.47. The number of nitro benzene ring substituents is 1. The summed E-state index contributed by atoms with van der Waals surface area (Å²) < 4.78 is 15.2. The second-order valence-corrected chi connectivity index (χ2v) is 5.45. The van der Waals surface area contributed by atoms with Gasteiger partial charge in [0.1, 0.15) is 28.3 Å². The van der Waals surface area contributed by atoms with Crippen LogP contribution in [0.3, 0.4) is 0 Å². The Morgan fingerprint density at radius 2 is 1.74 bits per heavy atom. The lowest BCUT2D eigenvalue weighted by molar-refractivity contribution is -0.384. The quantitative estimate of drug-likeness (QED) is 0.416. The number of anilines is 1. The van der Waals surface area contributed by atoms with E-state index in [0.717, 1.165) is 0 Å². The smallest absolute Gasteiger partial charge is 0.349 e. The number of methoxy groups -OCH3 is 2. The summed E-state index contributed by atoms with van der Waals surface area (Å²) in [5.41, 5.74) is -1.31. The Morgan fingerprint density at radius 3 is 2.41 bits per heavy atom. The highest BCUT2D eigenvalue weighted by molar-refractivity contribution is 6.06. The standard InChI is InChI=1S/C18H14N2O7/c1-25-11-4-6-16-10(7-11)8-13(18(22)27-16)17(21)19-14-5-3-12(26-2)9-15(14)20(23)24/h3-9H,1-2H3,(H,19,21). The Bertz CT molecular complexity index is 1100. The molecule has 1 heterocycles. The van der Waals surface area contributed by atoms with Gasteiger partial charge in [0, 0.05) is 5.39 Å². The second-order valence-electron chi connectivity index (χ2n) is 5.45. The van der Waals surface area contributed by atoms with Crippen molar-refractivity contribution in [2.45, 2.75) is 0 Å². The molecule has 27 heavy (non-hydrogen) atoms. The minimum atomic E-state index is -0.860. The number of amides is 1. The van der Waals surface area contributed by atoms with Gasteiger partial charge in [0.2, 0.25) is 0 Å². The van der Waals surface area contributed by atoms with Gasteiger partial charge in [-0.2, -0.15) is 0 Å². The van der Waals surface area contributed by atoms with Crippen molar-refractivity contribution in [2.75, 3.05) is 19.5 Å². The van der Waals surface area contributed by atoms with Crippen molar-refractivity contribution in [3.05, 3.63) is 68.6 Å². The number of nitrogens with zero attached hydrogens (tertiary/aromatic N) is 1. The Labute approximate surface area is 152 Å². The van der Waals surface area contributed by atoms with Crippen LogP contribution in [0.2, 0.25) is 0 Å². The number of nitrogens with one attached hydrogen (secondary N) is 1. The maximum atomic E-state index is 12.5. The summed E-state index contributed by atoms with van der Waals surface area (Å²) in [6.45, 7) is 0. The van der Waals surface area contributed by atoms with Gasteiger partial charge in [0.05, 0.1) is 25.2 Å². The SMILES string of the molecule is COc1ccc(NC(=O)c2cc3cc(OC)ccc3oc2=O)c([N+](=O)[O-])c1. The van der Waals surface area contributed by atoms with Crippen LogP contribution in [0.1, 0.15) is 10.4 Å². The van der Waals surface area contributed by atoms with E-state index in [4.69, 9.17) is 13.9 Å². The number of fused-ring (bicyclic) bond motifs is 1. The summed E-state index contributed by atoms with van der Waals surface area (Å²) in [6.07, 6.45) is 0. The second kappa shape index (κ2) is 7.16. The van der Waals surface area contributed by atoms with Crippen LogP contribution in [0, 0.1) is 10.1 Å². The minimum Gasteiger partial charge on any atom is -0.497 e. The van der Waals surface area contributed by atoms with E-state index in [1.807, 2.05) is 0 Å². The average Bonchev–Trinajstić information content (AvgIpc) is 2.67. The predicted molar refractivity (Wildman–Crippen MR) is 96.6 cm³/mol. The van der Waals surface area contributed by atoms with Gasteiger partial charge in [-0.25, -0.2) is 4.79 Å². The molecule has 0 spiro atoms. The molecule has 9 heteroatoms. The maximum absolute atomic E-state index is 12.5. The summed E-state index contributed by atoms with van der Waals surface area (Å²) in [4.78, 5) is 35.2. The summed E-state index contributed by atoms with van der Waals surface area (Å²) in [5, 5.41) is 14.1. The van der Waals surface area contributed by atoms with Crippen LogP contribution in [0.5, 0.6) is 11.5 Å². The molecule has 0 aliphatic heterocycles. The molecule has 1 amide bonds. The van der Waals surface area contributed by atoms with Gasteiger partial charge in [-0.15, -0.1) is 0 Å². The first-order chi connectivity index (χ1) is 12.9. The highest BCUT2D eigenvalue weighted by Gasteiger charge is 2.20. The van der Waals surface area contributed by atoms with Gasteiger partial charge < -0.3 is 19.2 Å². The molecule has 0 fully saturated rings. The van der Waals surface area contributed by atoms with E-state index in [-0.39, 0.29) is 28.3 Å². The lowest BCUT2D eigenvalue weighted by atomic mass is 10.1. The monoisotopic (exact) mass is 370 g/mol. The summed E-state index contributed by atoms with van der Waals surface area (Å²) in [7, 11) is 2.85. The number of carbonyl (C=O) groups excluding carboxylic acids is 1. The molecule has 9 nitrogen and oxygen atoms in total. The van der Waals surface area contributed by atoms with E-state index < -0.39 is 16.5 Å². The lowest BCUT2D eigenvalue weighted by Crippen LogP contribution is -2.21. The minimum absolute atomic E-state index is 0.0732. The topological polar surface area (TPSA) is 121 Å². The summed E-state index contributed by atoms with van der Waals surface area (Å²) in [5.74, 6) is -0.0488. The van der Waals surface area contributed by atoms with Crippen molar-refractivity contribution in [3.63, 3.8) is 0 Å². The van der Waals surface area contributed by atoms with Crippen LogP contribution in [-0.2, 0) is 0 Å². The maximum Gasteiger partial charge on any atom is 0.349 e. The fourth-order valence-corrected chi connectivity index (χ4v) is 2.47. The van der Waals surface area contributed by atoms with Crippen molar-refractivity contribution in [3.8, 4) is 11.5 Å². The zero-order chi connectivity index (χ0) is 19.6. The highest BCUT2D eigenvalue weighted by Crippen LogP contribution is 2.29. The number of hydrogen-bond acceptors (Lipinski definition) is 7. The fraction of sp³-hybridized carbons (Fsp3) is 0.111. The number of benzene rings is 2. The van der Waals surface area contributed by atoms with Crippen molar-refractivity contribution < 1.29 is 23.6 Å². The molecule has 0 aliphatic carbocycles.